The summed E-state index contributed by atoms with van der Waals surface area (Å²) in [6.45, 7) is 3.27. The van der Waals surface area contributed by atoms with Crippen LogP contribution in [0.25, 0.3) is 10.9 Å². The van der Waals surface area contributed by atoms with Crippen molar-refractivity contribution in [2.24, 2.45) is 0 Å². The van der Waals surface area contributed by atoms with Gasteiger partial charge in [-0.15, -0.1) is 0 Å². The Morgan fingerprint density at radius 1 is 1.12 bits per heavy atom. The number of anilines is 1. The molecule has 1 N–H and O–H groups in total. The minimum Gasteiger partial charge on any atom is -0.354 e. The molecule has 5 heteroatoms. The summed E-state index contributed by atoms with van der Waals surface area (Å²) in [6.07, 6.45) is 10.6. The molecule has 2 aliphatic rings. The van der Waals surface area contributed by atoms with E-state index < -0.39 is 0 Å². The lowest BCUT2D eigenvalue weighted by Gasteiger charge is -2.39. The zero-order chi connectivity index (χ0) is 16.5. The third kappa shape index (κ3) is 2.95. The number of pyridine rings is 2. The summed E-state index contributed by atoms with van der Waals surface area (Å²) in [5, 5.41) is 4.07. The molecule has 1 aliphatic heterocycles. The minimum absolute atomic E-state index is 0.0169. The maximum Gasteiger partial charge on any atom is 0.253 e. The Bertz CT molecular complexity index is 754. The van der Waals surface area contributed by atoms with Crippen molar-refractivity contribution in [2.75, 3.05) is 11.4 Å². The predicted octanol–water partition coefficient (Wildman–Crippen LogP) is 3.29. The largest absolute Gasteiger partial charge is 0.354 e. The van der Waals surface area contributed by atoms with Gasteiger partial charge in [-0.05, 0) is 32.3 Å². The summed E-state index contributed by atoms with van der Waals surface area (Å²) in [6, 6.07) is 4.79. The van der Waals surface area contributed by atoms with Gasteiger partial charge in [-0.25, -0.2) is 4.98 Å². The van der Waals surface area contributed by atoms with Gasteiger partial charge < -0.3 is 10.2 Å². The van der Waals surface area contributed by atoms with Gasteiger partial charge in [0.2, 0.25) is 0 Å². The summed E-state index contributed by atoms with van der Waals surface area (Å²) < 4.78 is 0. The van der Waals surface area contributed by atoms with Crippen LogP contribution in [0, 0.1) is 0 Å². The summed E-state index contributed by atoms with van der Waals surface area (Å²) in [5.41, 5.74) is 1.52. The fraction of sp³-hybridized carbons (Fsp3) is 0.526. The molecule has 1 aliphatic carbocycles. The summed E-state index contributed by atoms with van der Waals surface area (Å²) in [4.78, 5) is 23.8. The van der Waals surface area contributed by atoms with E-state index in [0.717, 1.165) is 36.1 Å². The maximum atomic E-state index is 12.5. The fourth-order valence-corrected chi connectivity index (χ4v) is 3.67. The number of carbonyl (C=O) groups excluding carboxylic acids is 1. The van der Waals surface area contributed by atoms with Crippen molar-refractivity contribution in [1.29, 1.82) is 0 Å². The van der Waals surface area contributed by atoms with E-state index in [2.05, 4.69) is 27.1 Å². The van der Waals surface area contributed by atoms with Crippen molar-refractivity contribution in [3.63, 3.8) is 0 Å². The Morgan fingerprint density at radius 3 is 2.67 bits per heavy atom. The highest BCUT2D eigenvalue weighted by atomic mass is 16.1. The van der Waals surface area contributed by atoms with E-state index in [4.69, 9.17) is 0 Å². The highest BCUT2D eigenvalue weighted by Gasteiger charge is 2.25. The molecule has 4 rings (SSSR count). The van der Waals surface area contributed by atoms with Crippen LogP contribution in [0.2, 0.25) is 0 Å². The smallest absolute Gasteiger partial charge is 0.253 e. The van der Waals surface area contributed by atoms with E-state index in [1.54, 1.807) is 6.20 Å². The lowest BCUT2D eigenvalue weighted by molar-refractivity contribution is 0.0927. The Labute approximate surface area is 142 Å². The normalized spacial score (nSPS) is 21.5. The quantitative estimate of drug-likeness (QED) is 0.941. The second-order valence-corrected chi connectivity index (χ2v) is 7.10. The summed E-state index contributed by atoms with van der Waals surface area (Å²) in [5.74, 6) is 0.963. The molecule has 2 aromatic rings. The third-order valence-corrected chi connectivity index (χ3v) is 5.37. The highest BCUT2D eigenvalue weighted by Crippen LogP contribution is 2.26. The Morgan fingerprint density at radius 2 is 1.96 bits per heavy atom. The van der Waals surface area contributed by atoms with E-state index in [1.165, 1.54) is 25.7 Å². The van der Waals surface area contributed by atoms with E-state index in [-0.39, 0.29) is 5.91 Å². The lowest BCUT2D eigenvalue weighted by atomic mass is 9.95. The van der Waals surface area contributed by atoms with Gasteiger partial charge in [-0.2, -0.15) is 0 Å². The number of amides is 1. The number of carbonyl (C=O) groups is 1. The molecular formula is C19H24N4O. The van der Waals surface area contributed by atoms with Gasteiger partial charge in [0.1, 0.15) is 5.82 Å². The van der Waals surface area contributed by atoms with Crippen LogP contribution in [0.4, 0.5) is 5.82 Å². The molecule has 126 valence electrons. The average Bonchev–Trinajstić information content (AvgIpc) is 2.60. The third-order valence-electron chi connectivity index (χ3n) is 5.37. The molecule has 0 bridgehead atoms. The van der Waals surface area contributed by atoms with E-state index in [1.807, 2.05) is 18.3 Å². The molecular weight excluding hydrogens is 300 g/mol. The number of nitrogens with zero attached hydrogens (tertiary/aromatic N) is 3. The van der Waals surface area contributed by atoms with Crippen LogP contribution < -0.4 is 10.2 Å². The van der Waals surface area contributed by atoms with Crippen molar-refractivity contribution in [2.45, 2.75) is 57.5 Å². The van der Waals surface area contributed by atoms with Crippen LogP contribution in [0.15, 0.2) is 24.5 Å². The Hall–Kier alpha value is -2.17. The first-order valence-electron chi connectivity index (χ1n) is 9.04. The van der Waals surface area contributed by atoms with Gasteiger partial charge in [0.15, 0.2) is 0 Å². The topological polar surface area (TPSA) is 58.1 Å². The molecule has 0 radical (unpaired) electrons. The summed E-state index contributed by atoms with van der Waals surface area (Å²) in [7, 11) is 0. The molecule has 0 spiro atoms. The second-order valence-electron chi connectivity index (χ2n) is 7.10. The zero-order valence-corrected chi connectivity index (χ0v) is 14.2. The molecule has 1 unspecified atom stereocenters. The Kier molecular flexibility index (Phi) is 4.08. The van der Waals surface area contributed by atoms with Crippen molar-refractivity contribution in [3.8, 4) is 0 Å². The van der Waals surface area contributed by atoms with Crippen LogP contribution in [-0.4, -0.2) is 34.5 Å². The first-order valence-corrected chi connectivity index (χ1v) is 9.04. The van der Waals surface area contributed by atoms with Gasteiger partial charge in [0.05, 0.1) is 11.1 Å². The number of rotatable bonds is 3. The van der Waals surface area contributed by atoms with Crippen LogP contribution >= 0.6 is 0 Å². The second kappa shape index (κ2) is 6.38. The molecule has 1 atom stereocenters. The monoisotopic (exact) mass is 324 g/mol. The molecule has 1 saturated carbocycles. The number of hydrogen-bond donors (Lipinski definition) is 1. The SMILES string of the molecule is CC1CCN1c1cc2ncc(C(=O)NC3CCCCC3)cc2cn1. The Balaban J connectivity index is 1.52. The van der Waals surface area contributed by atoms with Crippen molar-refractivity contribution >= 4 is 22.6 Å². The van der Waals surface area contributed by atoms with Crippen LogP contribution in [0.5, 0.6) is 0 Å². The number of hydrogen-bond acceptors (Lipinski definition) is 4. The van der Waals surface area contributed by atoms with Gasteiger partial charge in [-0.3, -0.25) is 9.78 Å². The number of aromatic nitrogens is 2. The van der Waals surface area contributed by atoms with Crippen molar-refractivity contribution < 1.29 is 4.79 Å². The van der Waals surface area contributed by atoms with Crippen LogP contribution in [-0.2, 0) is 0 Å². The molecule has 1 amide bonds. The van der Waals surface area contributed by atoms with Crippen LogP contribution in [0.3, 0.4) is 0 Å². The molecule has 0 aromatic carbocycles. The molecule has 1 saturated heterocycles. The maximum absolute atomic E-state index is 12.5. The molecule has 3 heterocycles. The van der Waals surface area contributed by atoms with Gasteiger partial charge in [-0.1, -0.05) is 19.3 Å². The van der Waals surface area contributed by atoms with Gasteiger partial charge >= 0.3 is 0 Å². The van der Waals surface area contributed by atoms with Gasteiger partial charge in [0.25, 0.3) is 5.91 Å². The van der Waals surface area contributed by atoms with E-state index in [0.29, 0.717) is 17.6 Å². The standard InChI is InChI=1S/C19H24N4O/c1-13-7-8-23(13)18-10-17-14(11-21-18)9-15(12-20-17)19(24)22-16-5-3-2-4-6-16/h9-13,16H,2-8H2,1H3,(H,22,24). The molecule has 2 fully saturated rings. The first-order chi connectivity index (χ1) is 11.7. The predicted molar refractivity (Wildman–Crippen MR) is 95.3 cm³/mol. The molecule has 24 heavy (non-hydrogen) atoms. The number of fused-ring (bicyclic) bond motifs is 1. The molecule has 5 nitrogen and oxygen atoms in total. The zero-order valence-electron chi connectivity index (χ0n) is 14.2. The average molecular weight is 324 g/mol. The molecule has 2 aromatic heterocycles. The fourth-order valence-electron chi connectivity index (χ4n) is 3.67. The summed E-state index contributed by atoms with van der Waals surface area (Å²) >= 11 is 0. The van der Waals surface area contributed by atoms with E-state index in [9.17, 15) is 4.79 Å². The lowest BCUT2D eigenvalue weighted by Crippen LogP contribution is -2.46. The first kappa shape index (κ1) is 15.4. The van der Waals surface area contributed by atoms with Crippen molar-refractivity contribution in [3.05, 3.63) is 30.1 Å². The minimum atomic E-state index is -0.0169. The highest BCUT2D eigenvalue weighted by molar-refractivity contribution is 5.97. The van der Waals surface area contributed by atoms with E-state index >= 15 is 0 Å². The van der Waals surface area contributed by atoms with Crippen LogP contribution in [0.1, 0.15) is 55.8 Å². The van der Waals surface area contributed by atoms with Gasteiger partial charge in [0, 0.05) is 42.5 Å². The number of nitrogens with one attached hydrogen (secondary N) is 1. The van der Waals surface area contributed by atoms with Crippen molar-refractivity contribution in [1.82, 2.24) is 15.3 Å².